The van der Waals surface area contributed by atoms with Crippen LogP contribution >= 0.6 is 27.5 Å². The summed E-state index contributed by atoms with van der Waals surface area (Å²) in [6.07, 6.45) is 4.33. The first kappa shape index (κ1) is 22.3. The third kappa shape index (κ3) is 5.12. The highest BCUT2D eigenvalue weighted by Crippen LogP contribution is 2.27. The summed E-state index contributed by atoms with van der Waals surface area (Å²) in [5.74, 6) is 0. The van der Waals surface area contributed by atoms with E-state index in [0.717, 1.165) is 43.1 Å². The Labute approximate surface area is 203 Å². The van der Waals surface area contributed by atoms with Crippen LogP contribution in [-0.4, -0.2) is 14.1 Å². The first-order valence-electron chi connectivity index (χ1n) is 10.4. The van der Waals surface area contributed by atoms with Crippen molar-refractivity contribution < 1.29 is 4.57 Å². The normalized spacial score (nSPS) is 11.2. The summed E-state index contributed by atoms with van der Waals surface area (Å²) in [6, 6.07) is 29.4. The fraction of sp³-hybridized carbons (Fsp3) is 0.107. The second-order valence-corrected chi connectivity index (χ2v) is 9.30. The minimum Gasteiger partial charge on any atom is -0.378 e. The number of pyridine rings is 1. The minimum atomic E-state index is 0.740. The third-order valence-electron chi connectivity index (χ3n) is 5.52. The van der Waals surface area contributed by atoms with Crippen LogP contribution in [0.25, 0.3) is 34.5 Å². The van der Waals surface area contributed by atoms with Crippen molar-refractivity contribution in [3.05, 3.63) is 106 Å². The number of nitrogens with zero attached hydrogens (tertiary/aromatic N) is 2. The van der Waals surface area contributed by atoms with Gasteiger partial charge in [-0.1, -0.05) is 51.8 Å². The van der Waals surface area contributed by atoms with Crippen molar-refractivity contribution in [3.63, 3.8) is 0 Å². The molecule has 4 rings (SSSR count). The van der Waals surface area contributed by atoms with Gasteiger partial charge in [-0.2, -0.15) is 4.57 Å². The molecule has 0 aliphatic heterocycles. The van der Waals surface area contributed by atoms with Crippen LogP contribution in [0.3, 0.4) is 0 Å². The molecule has 0 unspecified atom stereocenters. The van der Waals surface area contributed by atoms with E-state index in [9.17, 15) is 0 Å². The molecule has 160 valence electrons. The first-order valence-corrected chi connectivity index (χ1v) is 11.6. The van der Waals surface area contributed by atoms with Gasteiger partial charge in [0.05, 0.1) is 0 Å². The predicted molar refractivity (Wildman–Crippen MR) is 141 cm³/mol. The molecule has 1 heterocycles. The monoisotopic (exact) mass is 503 g/mol. The molecule has 4 heteroatoms. The number of aromatic nitrogens is 1. The van der Waals surface area contributed by atoms with E-state index < -0.39 is 0 Å². The SMILES string of the molecule is CN(C)c1ccc(C=Cc2cc(-c3ccc(Cl)cc3)cc(-c3ccc(Br)cc3)[n+]2C)cc1. The van der Waals surface area contributed by atoms with Gasteiger partial charge in [0, 0.05) is 53.1 Å². The average molecular weight is 505 g/mol. The molecule has 0 saturated heterocycles. The summed E-state index contributed by atoms with van der Waals surface area (Å²) >= 11 is 9.66. The zero-order chi connectivity index (χ0) is 22.7. The van der Waals surface area contributed by atoms with Crippen LogP contribution in [-0.2, 0) is 7.05 Å². The molecule has 0 aliphatic carbocycles. The highest BCUT2D eigenvalue weighted by molar-refractivity contribution is 9.10. The highest BCUT2D eigenvalue weighted by atomic mass is 79.9. The lowest BCUT2D eigenvalue weighted by molar-refractivity contribution is -0.662. The molecule has 0 amide bonds. The smallest absolute Gasteiger partial charge is 0.213 e. The standard InChI is InChI=1S/C28H25BrClN2/c1-31(2)26-15-4-20(5-16-26)6-17-27-18-23(21-9-13-25(30)14-10-21)19-28(32(27)3)22-7-11-24(29)12-8-22/h4-19H,1-3H3/q+1. The van der Waals surface area contributed by atoms with Gasteiger partial charge in [-0.05, 0) is 71.3 Å². The minimum absolute atomic E-state index is 0.740. The molecule has 3 aromatic carbocycles. The lowest BCUT2D eigenvalue weighted by Crippen LogP contribution is -2.34. The first-order chi connectivity index (χ1) is 15.4. The summed E-state index contributed by atoms with van der Waals surface area (Å²) in [7, 11) is 6.21. The van der Waals surface area contributed by atoms with Gasteiger partial charge in [-0.3, -0.25) is 0 Å². The maximum Gasteiger partial charge on any atom is 0.213 e. The van der Waals surface area contributed by atoms with Gasteiger partial charge in [0.15, 0.2) is 0 Å². The van der Waals surface area contributed by atoms with Gasteiger partial charge in [0.2, 0.25) is 11.4 Å². The molecule has 0 fully saturated rings. The summed E-state index contributed by atoms with van der Waals surface area (Å²) < 4.78 is 3.30. The van der Waals surface area contributed by atoms with E-state index in [1.807, 2.05) is 12.1 Å². The second kappa shape index (κ2) is 9.72. The van der Waals surface area contributed by atoms with E-state index in [1.165, 1.54) is 5.69 Å². The van der Waals surface area contributed by atoms with Crippen molar-refractivity contribution in [1.29, 1.82) is 0 Å². The van der Waals surface area contributed by atoms with Crippen LogP contribution in [0.1, 0.15) is 11.3 Å². The topological polar surface area (TPSA) is 7.12 Å². The largest absolute Gasteiger partial charge is 0.378 e. The van der Waals surface area contributed by atoms with Crippen LogP contribution in [0.4, 0.5) is 5.69 Å². The Hall–Kier alpha value is -2.88. The van der Waals surface area contributed by atoms with E-state index in [0.29, 0.717) is 0 Å². The zero-order valence-corrected chi connectivity index (χ0v) is 20.7. The number of halogens is 2. The van der Waals surface area contributed by atoms with Crippen LogP contribution < -0.4 is 9.47 Å². The molecule has 0 spiro atoms. The van der Waals surface area contributed by atoms with E-state index >= 15 is 0 Å². The molecule has 0 bridgehead atoms. The maximum atomic E-state index is 6.12. The molecule has 2 nitrogen and oxygen atoms in total. The third-order valence-corrected chi connectivity index (χ3v) is 6.30. The number of anilines is 1. The van der Waals surface area contributed by atoms with E-state index in [4.69, 9.17) is 11.6 Å². The van der Waals surface area contributed by atoms with Crippen molar-refractivity contribution in [2.45, 2.75) is 0 Å². The lowest BCUT2D eigenvalue weighted by atomic mass is 10.0. The fourth-order valence-electron chi connectivity index (χ4n) is 3.61. The van der Waals surface area contributed by atoms with Crippen LogP contribution in [0.15, 0.2) is 89.4 Å². The molecular formula is C28H25BrClN2+. The number of hydrogen-bond acceptors (Lipinski definition) is 1. The molecule has 32 heavy (non-hydrogen) atoms. The van der Waals surface area contributed by atoms with Crippen LogP contribution in [0.2, 0.25) is 5.02 Å². The number of rotatable bonds is 5. The van der Waals surface area contributed by atoms with Gasteiger partial charge in [-0.25, -0.2) is 0 Å². The van der Waals surface area contributed by atoms with Gasteiger partial charge >= 0.3 is 0 Å². The Kier molecular flexibility index (Phi) is 6.78. The van der Waals surface area contributed by atoms with E-state index in [2.05, 4.69) is 131 Å². The Morgan fingerprint density at radius 2 is 1.38 bits per heavy atom. The Balaban J connectivity index is 1.79. The zero-order valence-electron chi connectivity index (χ0n) is 18.4. The lowest BCUT2D eigenvalue weighted by Gasteiger charge is -2.11. The predicted octanol–water partition coefficient (Wildman–Crippen LogP) is 7.50. The maximum absolute atomic E-state index is 6.12. The molecular weight excluding hydrogens is 480 g/mol. The van der Waals surface area contributed by atoms with Gasteiger partial charge < -0.3 is 4.90 Å². The van der Waals surface area contributed by atoms with Gasteiger partial charge in [-0.15, -0.1) is 0 Å². The fourth-order valence-corrected chi connectivity index (χ4v) is 4.00. The quantitative estimate of drug-likeness (QED) is 0.255. The highest BCUT2D eigenvalue weighted by Gasteiger charge is 2.16. The van der Waals surface area contributed by atoms with E-state index in [-0.39, 0.29) is 0 Å². The summed E-state index contributed by atoms with van der Waals surface area (Å²) in [4.78, 5) is 2.10. The average Bonchev–Trinajstić information content (AvgIpc) is 2.80. The van der Waals surface area contributed by atoms with E-state index in [1.54, 1.807) is 0 Å². The summed E-state index contributed by atoms with van der Waals surface area (Å²) in [6.45, 7) is 0. The van der Waals surface area contributed by atoms with Crippen molar-refractivity contribution in [1.82, 2.24) is 0 Å². The van der Waals surface area contributed by atoms with Crippen LogP contribution in [0.5, 0.6) is 0 Å². The molecule has 1 aromatic heterocycles. The van der Waals surface area contributed by atoms with Gasteiger partial charge in [0.1, 0.15) is 7.05 Å². The van der Waals surface area contributed by atoms with Crippen molar-refractivity contribution in [2.24, 2.45) is 7.05 Å². The molecule has 0 atom stereocenters. The Morgan fingerprint density at radius 3 is 2.00 bits per heavy atom. The van der Waals surface area contributed by atoms with Crippen molar-refractivity contribution in [2.75, 3.05) is 19.0 Å². The van der Waals surface area contributed by atoms with Crippen LogP contribution in [0, 0.1) is 0 Å². The van der Waals surface area contributed by atoms with Crippen molar-refractivity contribution >= 4 is 45.4 Å². The molecule has 4 aromatic rings. The number of hydrogen-bond donors (Lipinski definition) is 0. The summed E-state index contributed by atoms with van der Waals surface area (Å²) in [5, 5.41) is 0.740. The molecule has 0 aliphatic rings. The molecule has 0 radical (unpaired) electrons. The Bertz CT molecular complexity index is 1240. The second-order valence-electron chi connectivity index (χ2n) is 7.95. The molecule has 0 N–H and O–H groups in total. The number of benzene rings is 3. The molecule has 0 saturated carbocycles. The summed E-state index contributed by atoms with van der Waals surface area (Å²) in [5.41, 5.74) is 8.07. The Morgan fingerprint density at radius 1 is 0.750 bits per heavy atom. The van der Waals surface area contributed by atoms with Crippen molar-refractivity contribution in [3.8, 4) is 22.4 Å². The van der Waals surface area contributed by atoms with Gasteiger partial charge in [0.25, 0.3) is 0 Å².